The van der Waals surface area contributed by atoms with E-state index in [0.717, 1.165) is 35.5 Å². The van der Waals surface area contributed by atoms with Crippen LogP contribution >= 0.6 is 0 Å². The van der Waals surface area contributed by atoms with Crippen molar-refractivity contribution in [3.63, 3.8) is 0 Å². The molecule has 0 aliphatic heterocycles. The third-order valence-corrected chi connectivity index (χ3v) is 6.20. The molecule has 4 fully saturated rings. The Morgan fingerprint density at radius 3 is 1.43 bits per heavy atom. The molecule has 0 heteroatoms. The largest absolute Gasteiger partial charge is 0.0620 e. The van der Waals surface area contributed by atoms with E-state index in [1.54, 1.807) is 11.1 Å². The summed E-state index contributed by atoms with van der Waals surface area (Å²) in [6, 6.07) is 9.36. The highest BCUT2D eigenvalue weighted by molar-refractivity contribution is 5.55. The third kappa shape index (κ3) is 0.346. The molecule has 2 bridgehead atoms. The van der Waals surface area contributed by atoms with E-state index in [1.807, 2.05) is 0 Å². The molecule has 6 aliphatic rings. The SMILES string of the molecule is c1ccc2c(c1)C1[C@@H]3C4C5[C@@H](C2[C@@H]43)[C@@H]15. The van der Waals surface area contributed by atoms with Crippen LogP contribution in [0.25, 0.3) is 0 Å². The molecule has 0 aromatic heterocycles. The molecule has 4 saturated carbocycles. The predicted octanol–water partition coefficient (Wildman–Crippen LogP) is 2.62. The van der Waals surface area contributed by atoms with E-state index in [-0.39, 0.29) is 0 Å². The summed E-state index contributed by atoms with van der Waals surface area (Å²) in [6.45, 7) is 0. The predicted molar refractivity (Wildman–Crippen MR) is 52.9 cm³/mol. The second-order valence-corrected chi connectivity index (χ2v) is 6.14. The first-order chi connectivity index (χ1) is 6.98. The van der Waals surface area contributed by atoms with Crippen molar-refractivity contribution in [1.82, 2.24) is 0 Å². The fourth-order valence-corrected chi connectivity index (χ4v) is 6.17. The highest BCUT2D eigenvalue weighted by Crippen LogP contribution is 2.94. The van der Waals surface area contributed by atoms with Crippen molar-refractivity contribution in [1.29, 1.82) is 0 Å². The van der Waals surface area contributed by atoms with Gasteiger partial charge in [0.2, 0.25) is 0 Å². The quantitative estimate of drug-likeness (QED) is 0.575. The lowest BCUT2D eigenvalue weighted by atomic mass is 9.67. The van der Waals surface area contributed by atoms with Gasteiger partial charge in [-0.05, 0) is 58.5 Å². The molecule has 0 amide bonds. The maximum atomic E-state index is 2.43. The summed E-state index contributed by atoms with van der Waals surface area (Å²) in [4.78, 5) is 0. The monoisotopic (exact) mass is 180 g/mol. The van der Waals surface area contributed by atoms with Gasteiger partial charge in [0.15, 0.2) is 0 Å². The van der Waals surface area contributed by atoms with Gasteiger partial charge in [-0.25, -0.2) is 0 Å². The molecule has 0 spiro atoms. The van der Waals surface area contributed by atoms with Crippen molar-refractivity contribution < 1.29 is 0 Å². The average molecular weight is 180 g/mol. The summed E-state index contributed by atoms with van der Waals surface area (Å²) in [5.41, 5.74) is 3.53. The van der Waals surface area contributed by atoms with Crippen molar-refractivity contribution in [2.45, 2.75) is 11.8 Å². The Kier molecular flexibility index (Phi) is 0.592. The topological polar surface area (TPSA) is 0 Å². The smallest absolute Gasteiger partial charge is 0.00908 e. The van der Waals surface area contributed by atoms with Crippen molar-refractivity contribution in [2.75, 3.05) is 0 Å². The van der Waals surface area contributed by atoms with Gasteiger partial charge in [-0.15, -0.1) is 0 Å². The Morgan fingerprint density at radius 2 is 1.00 bits per heavy atom. The number of benzene rings is 1. The van der Waals surface area contributed by atoms with Gasteiger partial charge >= 0.3 is 0 Å². The van der Waals surface area contributed by atoms with Gasteiger partial charge in [-0.1, -0.05) is 24.3 Å². The molecule has 7 rings (SSSR count). The van der Waals surface area contributed by atoms with Crippen LogP contribution < -0.4 is 0 Å². The standard InChI is InChI=1S/C14H12/c1-2-4-6-5(3-1)7-9-11-8(6)12-10(7)14(12)13(9)11/h1-4,7-14H/t7?,8?,9-,10+,11+,12-,13?,14?. The van der Waals surface area contributed by atoms with Gasteiger partial charge in [-0.3, -0.25) is 0 Å². The van der Waals surface area contributed by atoms with Crippen LogP contribution in [0.1, 0.15) is 23.0 Å². The van der Waals surface area contributed by atoms with Crippen LogP contribution in [0, 0.1) is 35.5 Å². The fourth-order valence-electron chi connectivity index (χ4n) is 6.17. The Morgan fingerprint density at radius 1 is 0.571 bits per heavy atom. The summed E-state index contributed by atoms with van der Waals surface area (Å²) < 4.78 is 0. The van der Waals surface area contributed by atoms with Gasteiger partial charge in [0, 0.05) is 0 Å². The number of hydrogen-bond acceptors (Lipinski definition) is 0. The summed E-state index contributed by atoms with van der Waals surface area (Å²) >= 11 is 0. The molecule has 4 unspecified atom stereocenters. The Bertz CT molecular complexity index is 424. The second kappa shape index (κ2) is 1.39. The van der Waals surface area contributed by atoms with Gasteiger partial charge in [0.1, 0.15) is 0 Å². The normalized spacial score (nSPS) is 66.6. The van der Waals surface area contributed by atoms with Crippen LogP contribution in [0.3, 0.4) is 0 Å². The van der Waals surface area contributed by atoms with Crippen LogP contribution in [-0.2, 0) is 0 Å². The van der Waals surface area contributed by atoms with E-state index >= 15 is 0 Å². The molecule has 0 N–H and O–H groups in total. The van der Waals surface area contributed by atoms with E-state index < -0.39 is 0 Å². The van der Waals surface area contributed by atoms with Gasteiger partial charge in [0.25, 0.3) is 0 Å². The Balaban J connectivity index is 1.80. The average Bonchev–Trinajstić information content (AvgIpc) is 3.06. The van der Waals surface area contributed by atoms with E-state index in [9.17, 15) is 0 Å². The lowest BCUT2D eigenvalue weighted by Gasteiger charge is -2.37. The van der Waals surface area contributed by atoms with Crippen LogP contribution in [0.2, 0.25) is 0 Å². The van der Waals surface area contributed by atoms with Crippen LogP contribution in [-0.4, -0.2) is 0 Å². The van der Waals surface area contributed by atoms with Gasteiger partial charge in [-0.2, -0.15) is 0 Å². The fraction of sp³-hybridized carbons (Fsp3) is 0.571. The molecular weight excluding hydrogens is 168 g/mol. The molecule has 14 heavy (non-hydrogen) atoms. The molecule has 6 aliphatic carbocycles. The van der Waals surface area contributed by atoms with Crippen molar-refractivity contribution in [3.8, 4) is 0 Å². The van der Waals surface area contributed by atoms with E-state index in [0.29, 0.717) is 0 Å². The van der Waals surface area contributed by atoms with Crippen molar-refractivity contribution in [2.24, 2.45) is 35.5 Å². The molecule has 0 radical (unpaired) electrons. The van der Waals surface area contributed by atoms with Gasteiger partial charge in [0.05, 0.1) is 0 Å². The molecule has 0 nitrogen and oxygen atoms in total. The lowest BCUT2D eigenvalue weighted by Crippen LogP contribution is -2.26. The van der Waals surface area contributed by atoms with Crippen molar-refractivity contribution >= 4 is 0 Å². The van der Waals surface area contributed by atoms with E-state index in [4.69, 9.17) is 0 Å². The first-order valence-corrected chi connectivity index (χ1v) is 6.07. The van der Waals surface area contributed by atoms with Gasteiger partial charge < -0.3 is 0 Å². The first kappa shape index (κ1) is 5.95. The van der Waals surface area contributed by atoms with E-state index in [2.05, 4.69) is 24.3 Å². The number of rotatable bonds is 0. The molecule has 8 atom stereocenters. The summed E-state index contributed by atoms with van der Waals surface area (Å²) in [6.07, 6.45) is 0. The Hall–Kier alpha value is -0.780. The minimum absolute atomic E-state index is 1.03. The van der Waals surface area contributed by atoms with Crippen LogP contribution in [0.5, 0.6) is 0 Å². The van der Waals surface area contributed by atoms with Crippen LogP contribution in [0.4, 0.5) is 0 Å². The molecular formula is C14H12. The molecule has 0 saturated heterocycles. The summed E-state index contributed by atoms with van der Waals surface area (Å²) in [5.74, 6) is 9.11. The summed E-state index contributed by atoms with van der Waals surface area (Å²) in [7, 11) is 0. The number of hydrogen-bond donors (Lipinski definition) is 0. The highest BCUT2D eigenvalue weighted by Gasteiger charge is 2.88. The zero-order valence-electron chi connectivity index (χ0n) is 7.93. The molecule has 68 valence electrons. The summed E-state index contributed by atoms with van der Waals surface area (Å²) in [5, 5.41) is 0. The highest BCUT2D eigenvalue weighted by atomic mass is 14.9. The molecule has 1 aromatic carbocycles. The maximum Gasteiger partial charge on any atom is -0.00908 e. The maximum absolute atomic E-state index is 2.43. The zero-order valence-corrected chi connectivity index (χ0v) is 7.93. The first-order valence-electron chi connectivity index (χ1n) is 6.07. The minimum Gasteiger partial charge on any atom is -0.0620 e. The molecule has 1 aromatic rings. The second-order valence-electron chi connectivity index (χ2n) is 6.14. The van der Waals surface area contributed by atoms with Crippen molar-refractivity contribution in [3.05, 3.63) is 35.4 Å². The Labute approximate surface area is 83.3 Å². The van der Waals surface area contributed by atoms with E-state index in [1.165, 1.54) is 11.8 Å². The van der Waals surface area contributed by atoms with Crippen LogP contribution in [0.15, 0.2) is 24.3 Å². The molecule has 0 heterocycles. The minimum atomic E-state index is 1.03. The zero-order chi connectivity index (χ0) is 8.60. The lowest BCUT2D eigenvalue weighted by molar-refractivity contribution is 0.320. The third-order valence-electron chi connectivity index (χ3n) is 6.20.